The molecule has 1 heterocycles. The Morgan fingerprint density at radius 2 is 1.68 bits per heavy atom. The van der Waals surface area contributed by atoms with Gasteiger partial charge in [-0.15, -0.1) is 0 Å². The third kappa shape index (κ3) is 3.19. The number of halogens is 1. The van der Waals surface area contributed by atoms with Gasteiger partial charge in [0, 0.05) is 6.54 Å². The third-order valence-electron chi connectivity index (χ3n) is 4.17. The average molecular weight is 301 g/mol. The van der Waals surface area contributed by atoms with E-state index in [1.54, 1.807) is 12.1 Å². The van der Waals surface area contributed by atoms with Crippen molar-refractivity contribution in [2.45, 2.75) is 6.04 Å². The summed E-state index contributed by atoms with van der Waals surface area (Å²) in [6, 6.07) is 16.5. The summed E-state index contributed by atoms with van der Waals surface area (Å²) in [5.41, 5.74) is 1.91. The Morgan fingerprint density at radius 1 is 1.05 bits per heavy atom. The Hall–Kier alpha value is -1.75. The molecule has 116 valence electrons. The van der Waals surface area contributed by atoms with Crippen LogP contribution in [0, 0.1) is 11.2 Å². The largest absolute Gasteiger partial charge is 0.396 e. The lowest BCUT2D eigenvalue weighted by Gasteiger charge is -2.41. The molecule has 3 nitrogen and oxygen atoms in total. The summed E-state index contributed by atoms with van der Waals surface area (Å²) >= 11 is 0. The second kappa shape index (κ2) is 6.57. The van der Waals surface area contributed by atoms with Crippen molar-refractivity contribution in [1.82, 2.24) is 5.32 Å². The van der Waals surface area contributed by atoms with E-state index in [1.807, 2.05) is 30.3 Å². The van der Waals surface area contributed by atoms with E-state index in [0.29, 0.717) is 19.8 Å². The van der Waals surface area contributed by atoms with Crippen molar-refractivity contribution in [2.75, 3.05) is 26.4 Å². The maximum atomic E-state index is 13.2. The minimum atomic E-state index is -0.241. The molecule has 1 fully saturated rings. The van der Waals surface area contributed by atoms with Crippen LogP contribution < -0.4 is 5.32 Å². The molecule has 3 rings (SSSR count). The van der Waals surface area contributed by atoms with Gasteiger partial charge in [0.25, 0.3) is 0 Å². The van der Waals surface area contributed by atoms with Crippen molar-refractivity contribution < 1.29 is 14.2 Å². The fourth-order valence-corrected chi connectivity index (χ4v) is 2.69. The van der Waals surface area contributed by atoms with E-state index < -0.39 is 0 Å². The van der Waals surface area contributed by atoms with Gasteiger partial charge < -0.3 is 15.2 Å². The summed E-state index contributed by atoms with van der Waals surface area (Å²) in [6.45, 7) is 1.90. The normalized spacial score (nSPS) is 17.7. The van der Waals surface area contributed by atoms with Crippen molar-refractivity contribution in [3.63, 3.8) is 0 Å². The van der Waals surface area contributed by atoms with Gasteiger partial charge in [-0.1, -0.05) is 42.5 Å². The number of benzene rings is 2. The van der Waals surface area contributed by atoms with Crippen LogP contribution in [0.1, 0.15) is 17.2 Å². The van der Waals surface area contributed by atoms with Crippen molar-refractivity contribution in [1.29, 1.82) is 0 Å². The molecule has 0 aliphatic carbocycles. The van der Waals surface area contributed by atoms with Gasteiger partial charge in [0.05, 0.1) is 31.3 Å². The van der Waals surface area contributed by atoms with Crippen LogP contribution in [0.5, 0.6) is 0 Å². The maximum absolute atomic E-state index is 13.2. The summed E-state index contributed by atoms with van der Waals surface area (Å²) in [7, 11) is 0. The van der Waals surface area contributed by atoms with Crippen molar-refractivity contribution in [3.8, 4) is 0 Å². The molecule has 22 heavy (non-hydrogen) atoms. The Kier molecular flexibility index (Phi) is 4.52. The lowest BCUT2D eigenvalue weighted by molar-refractivity contribution is -0.134. The lowest BCUT2D eigenvalue weighted by atomic mass is 9.86. The molecule has 0 saturated carbocycles. The van der Waals surface area contributed by atoms with E-state index in [1.165, 1.54) is 12.1 Å². The predicted octanol–water partition coefficient (Wildman–Crippen LogP) is 2.51. The van der Waals surface area contributed by atoms with Crippen molar-refractivity contribution in [3.05, 3.63) is 71.5 Å². The van der Waals surface area contributed by atoms with E-state index >= 15 is 0 Å². The Labute approximate surface area is 129 Å². The molecule has 4 heteroatoms. The van der Waals surface area contributed by atoms with Crippen LogP contribution >= 0.6 is 0 Å². The highest BCUT2D eigenvalue weighted by molar-refractivity contribution is 5.31. The molecule has 0 bridgehead atoms. The van der Waals surface area contributed by atoms with Crippen LogP contribution in [0.25, 0.3) is 0 Å². The molecule has 0 spiro atoms. The highest BCUT2D eigenvalue weighted by Crippen LogP contribution is 2.29. The molecule has 1 saturated heterocycles. The minimum Gasteiger partial charge on any atom is -0.396 e. The smallest absolute Gasteiger partial charge is 0.123 e. The first-order valence-electron chi connectivity index (χ1n) is 7.45. The van der Waals surface area contributed by atoms with Crippen LogP contribution in [-0.4, -0.2) is 31.5 Å². The average Bonchev–Trinajstić information content (AvgIpc) is 2.52. The topological polar surface area (TPSA) is 41.5 Å². The Bertz CT molecular complexity index is 591. The van der Waals surface area contributed by atoms with Gasteiger partial charge in [0.2, 0.25) is 0 Å². The zero-order chi connectivity index (χ0) is 15.4. The maximum Gasteiger partial charge on any atom is 0.123 e. The summed E-state index contributed by atoms with van der Waals surface area (Å²) in [5.74, 6) is -0.241. The molecule has 2 aromatic carbocycles. The molecule has 1 atom stereocenters. The van der Waals surface area contributed by atoms with Gasteiger partial charge in [-0.2, -0.15) is 0 Å². The fraction of sp³-hybridized carbons (Fsp3) is 0.333. The number of hydrogen-bond donors (Lipinski definition) is 2. The Morgan fingerprint density at radius 3 is 2.23 bits per heavy atom. The molecular weight excluding hydrogens is 281 g/mol. The number of aliphatic hydroxyl groups excluding tert-OH is 1. The highest BCUT2D eigenvalue weighted by Gasteiger charge is 2.38. The molecular formula is C18H20FNO2. The summed E-state index contributed by atoms with van der Waals surface area (Å²) < 4.78 is 18.4. The first kappa shape index (κ1) is 15.2. The van der Waals surface area contributed by atoms with Crippen LogP contribution in [0.2, 0.25) is 0 Å². The van der Waals surface area contributed by atoms with Crippen LogP contribution in [-0.2, 0) is 4.74 Å². The minimum absolute atomic E-state index is 0.0363. The quantitative estimate of drug-likeness (QED) is 0.861. The zero-order valence-corrected chi connectivity index (χ0v) is 12.3. The number of hydrogen-bond acceptors (Lipinski definition) is 3. The highest BCUT2D eigenvalue weighted by atomic mass is 19.1. The molecule has 0 amide bonds. The second-order valence-electron chi connectivity index (χ2n) is 5.93. The lowest BCUT2D eigenvalue weighted by Crippen LogP contribution is -2.52. The molecule has 0 radical (unpaired) electrons. The number of ether oxygens (including phenoxy) is 1. The Balaban J connectivity index is 1.81. The van der Waals surface area contributed by atoms with Gasteiger partial charge in [-0.3, -0.25) is 0 Å². The van der Waals surface area contributed by atoms with Crippen LogP contribution in [0.3, 0.4) is 0 Å². The zero-order valence-electron chi connectivity index (χ0n) is 12.3. The fourth-order valence-electron chi connectivity index (χ4n) is 2.69. The second-order valence-corrected chi connectivity index (χ2v) is 5.93. The van der Waals surface area contributed by atoms with E-state index in [2.05, 4.69) is 5.32 Å². The molecule has 1 unspecified atom stereocenters. The van der Waals surface area contributed by atoms with E-state index in [0.717, 1.165) is 11.1 Å². The van der Waals surface area contributed by atoms with Gasteiger partial charge >= 0.3 is 0 Å². The SMILES string of the molecule is OCC1(CNC(c2ccccc2)c2ccc(F)cc2)COC1. The molecule has 1 aliphatic rings. The first-order chi connectivity index (χ1) is 10.7. The van der Waals surface area contributed by atoms with Gasteiger partial charge in [0.15, 0.2) is 0 Å². The van der Waals surface area contributed by atoms with Gasteiger partial charge in [-0.05, 0) is 23.3 Å². The molecule has 1 aliphatic heterocycles. The van der Waals surface area contributed by atoms with Crippen molar-refractivity contribution in [2.24, 2.45) is 5.41 Å². The predicted molar refractivity (Wildman–Crippen MR) is 83.0 cm³/mol. The van der Waals surface area contributed by atoms with Gasteiger partial charge in [-0.25, -0.2) is 4.39 Å². The van der Waals surface area contributed by atoms with Crippen LogP contribution in [0.15, 0.2) is 54.6 Å². The first-order valence-corrected chi connectivity index (χ1v) is 7.45. The molecule has 2 N–H and O–H groups in total. The van der Waals surface area contributed by atoms with E-state index in [9.17, 15) is 9.50 Å². The summed E-state index contributed by atoms with van der Waals surface area (Å²) in [6.07, 6.45) is 0. The summed E-state index contributed by atoms with van der Waals surface area (Å²) in [5, 5.41) is 13.1. The van der Waals surface area contributed by atoms with E-state index in [4.69, 9.17) is 4.74 Å². The van der Waals surface area contributed by atoms with E-state index in [-0.39, 0.29) is 23.9 Å². The van der Waals surface area contributed by atoms with Crippen molar-refractivity contribution >= 4 is 0 Å². The molecule has 0 aromatic heterocycles. The third-order valence-corrected chi connectivity index (χ3v) is 4.17. The van der Waals surface area contributed by atoms with Gasteiger partial charge in [0.1, 0.15) is 5.82 Å². The number of aliphatic hydroxyl groups is 1. The van der Waals surface area contributed by atoms with Crippen LogP contribution in [0.4, 0.5) is 4.39 Å². The monoisotopic (exact) mass is 301 g/mol. The number of rotatable bonds is 6. The summed E-state index contributed by atoms with van der Waals surface area (Å²) in [4.78, 5) is 0. The number of nitrogens with one attached hydrogen (secondary N) is 1. The standard InChI is InChI=1S/C18H20FNO2/c19-16-8-6-15(7-9-16)17(14-4-2-1-3-5-14)20-10-18(11-21)12-22-13-18/h1-9,17,20-21H,10-13H2. The molecule has 2 aromatic rings.